The van der Waals surface area contributed by atoms with Gasteiger partial charge in [-0.1, -0.05) is 27.7 Å². The number of benzene rings is 1. The Morgan fingerprint density at radius 1 is 1.24 bits per heavy atom. The summed E-state index contributed by atoms with van der Waals surface area (Å²) >= 11 is 3.59. The second-order valence-corrected chi connectivity index (χ2v) is 7.56. The maximum Gasteiger partial charge on any atom is 0.175 e. The van der Waals surface area contributed by atoms with E-state index in [1.165, 1.54) is 5.56 Å². The molecule has 0 amide bonds. The summed E-state index contributed by atoms with van der Waals surface area (Å²) in [5.74, 6) is 2.33. The zero-order chi connectivity index (χ0) is 15.5. The van der Waals surface area contributed by atoms with E-state index in [2.05, 4.69) is 61.1 Å². The molecular weight excluding hydrogens is 330 g/mol. The van der Waals surface area contributed by atoms with Crippen LogP contribution in [0.15, 0.2) is 16.6 Å². The van der Waals surface area contributed by atoms with Crippen LogP contribution in [-0.2, 0) is 6.54 Å². The van der Waals surface area contributed by atoms with Gasteiger partial charge in [0.2, 0.25) is 0 Å². The van der Waals surface area contributed by atoms with Crippen LogP contribution in [0.25, 0.3) is 0 Å². The van der Waals surface area contributed by atoms with Crippen molar-refractivity contribution in [3.05, 3.63) is 22.2 Å². The fraction of sp³-hybridized carbons (Fsp3) is 0.647. The van der Waals surface area contributed by atoms with E-state index >= 15 is 0 Å². The van der Waals surface area contributed by atoms with Gasteiger partial charge in [0.25, 0.3) is 0 Å². The highest BCUT2D eigenvalue weighted by molar-refractivity contribution is 9.10. The first kappa shape index (κ1) is 16.6. The lowest BCUT2D eigenvalue weighted by Gasteiger charge is -2.29. The molecule has 1 aliphatic heterocycles. The van der Waals surface area contributed by atoms with Crippen molar-refractivity contribution < 1.29 is 9.47 Å². The van der Waals surface area contributed by atoms with Crippen LogP contribution in [0.1, 0.15) is 39.7 Å². The lowest BCUT2D eigenvalue weighted by Crippen LogP contribution is -2.33. The minimum absolute atomic E-state index is 0.294. The van der Waals surface area contributed by atoms with E-state index < -0.39 is 0 Å². The fourth-order valence-electron chi connectivity index (χ4n) is 2.12. The van der Waals surface area contributed by atoms with Crippen molar-refractivity contribution in [2.24, 2.45) is 11.3 Å². The first-order valence-corrected chi connectivity index (χ1v) is 8.48. The van der Waals surface area contributed by atoms with Crippen LogP contribution < -0.4 is 14.8 Å². The molecule has 1 aliphatic rings. The molecule has 0 fully saturated rings. The average Bonchev–Trinajstić information content (AvgIpc) is 2.64. The normalized spacial score (nSPS) is 15.1. The van der Waals surface area contributed by atoms with Gasteiger partial charge < -0.3 is 14.8 Å². The van der Waals surface area contributed by atoms with Crippen molar-refractivity contribution >= 4 is 15.9 Å². The first-order chi connectivity index (χ1) is 9.90. The SMILES string of the molecule is CC(C)C(C)(C)CNCc1cc(Br)c2c(c1)OCCCO2. The number of fused-ring (bicyclic) bond motifs is 1. The van der Waals surface area contributed by atoms with Gasteiger partial charge in [-0.15, -0.1) is 0 Å². The Hall–Kier alpha value is -0.740. The molecule has 0 unspecified atom stereocenters. The lowest BCUT2D eigenvalue weighted by atomic mass is 9.81. The van der Waals surface area contributed by atoms with Crippen molar-refractivity contribution in [3.8, 4) is 11.5 Å². The number of halogens is 1. The van der Waals surface area contributed by atoms with Crippen LogP contribution >= 0.6 is 15.9 Å². The number of rotatable bonds is 5. The van der Waals surface area contributed by atoms with Gasteiger partial charge in [0, 0.05) is 19.5 Å². The third kappa shape index (κ3) is 4.36. The predicted molar refractivity (Wildman–Crippen MR) is 90.1 cm³/mol. The largest absolute Gasteiger partial charge is 0.490 e. The minimum atomic E-state index is 0.294. The summed E-state index contributed by atoms with van der Waals surface area (Å²) in [5, 5.41) is 3.56. The topological polar surface area (TPSA) is 30.5 Å². The molecule has 1 N–H and O–H groups in total. The summed E-state index contributed by atoms with van der Waals surface area (Å²) < 4.78 is 12.5. The Morgan fingerprint density at radius 3 is 2.67 bits per heavy atom. The third-order valence-corrected chi connectivity index (χ3v) is 4.92. The summed E-state index contributed by atoms with van der Waals surface area (Å²) in [6, 6.07) is 4.20. The highest BCUT2D eigenvalue weighted by Gasteiger charge is 2.22. The summed E-state index contributed by atoms with van der Waals surface area (Å²) in [6.07, 6.45) is 0.928. The molecule has 21 heavy (non-hydrogen) atoms. The average molecular weight is 356 g/mol. The standard InChI is InChI=1S/C17H26BrNO2/c1-12(2)17(3,4)11-19-10-13-8-14(18)16-15(9-13)20-6-5-7-21-16/h8-9,12,19H,5-7,10-11H2,1-4H3. The van der Waals surface area contributed by atoms with Crippen LogP contribution in [0, 0.1) is 11.3 Å². The van der Waals surface area contributed by atoms with Gasteiger partial charge in [-0.2, -0.15) is 0 Å². The molecule has 118 valence electrons. The minimum Gasteiger partial charge on any atom is -0.490 e. The van der Waals surface area contributed by atoms with E-state index in [4.69, 9.17) is 9.47 Å². The highest BCUT2D eigenvalue weighted by atomic mass is 79.9. The van der Waals surface area contributed by atoms with Gasteiger partial charge in [-0.25, -0.2) is 0 Å². The van der Waals surface area contributed by atoms with Crippen molar-refractivity contribution in [1.82, 2.24) is 5.32 Å². The van der Waals surface area contributed by atoms with E-state index in [1.807, 2.05) is 0 Å². The number of hydrogen-bond acceptors (Lipinski definition) is 3. The summed E-state index contributed by atoms with van der Waals surface area (Å²) in [4.78, 5) is 0. The molecule has 0 atom stereocenters. The quantitative estimate of drug-likeness (QED) is 0.849. The second-order valence-electron chi connectivity index (χ2n) is 6.70. The van der Waals surface area contributed by atoms with Gasteiger partial charge in [0.05, 0.1) is 17.7 Å². The highest BCUT2D eigenvalue weighted by Crippen LogP contribution is 2.38. The molecule has 0 saturated carbocycles. The smallest absolute Gasteiger partial charge is 0.175 e. The molecule has 3 nitrogen and oxygen atoms in total. The Morgan fingerprint density at radius 2 is 1.95 bits per heavy atom. The van der Waals surface area contributed by atoms with E-state index in [-0.39, 0.29) is 0 Å². The van der Waals surface area contributed by atoms with E-state index in [0.717, 1.165) is 42.1 Å². The van der Waals surface area contributed by atoms with Crippen molar-refractivity contribution in [1.29, 1.82) is 0 Å². The van der Waals surface area contributed by atoms with Gasteiger partial charge in [-0.3, -0.25) is 0 Å². The van der Waals surface area contributed by atoms with Crippen LogP contribution in [-0.4, -0.2) is 19.8 Å². The van der Waals surface area contributed by atoms with Crippen molar-refractivity contribution in [2.45, 2.75) is 40.7 Å². The number of nitrogens with one attached hydrogen (secondary N) is 1. The van der Waals surface area contributed by atoms with Crippen LogP contribution in [0.4, 0.5) is 0 Å². The fourth-order valence-corrected chi connectivity index (χ4v) is 2.72. The first-order valence-electron chi connectivity index (χ1n) is 7.69. The predicted octanol–water partition coefficient (Wildman–Crippen LogP) is 4.38. The monoisotopic (exact) mass is 355 g/mol. The molecule has 1 aromatic carbocycles. The van der Waals surface area contributed by atoms with E-state index in [1.54, 1.807) is 0 Å². The molecule has 0 spiro atoms. The van der Waals surface area contributed by atoms with Gasteiger partial charge in [-0.05, 0) is 45.0 Å². The Bertz CT molecular complexity index is 486. The molecular formula is C17H26BrNO2. The Kier molecular flexibility index (Phi) is 5.55. The van der Waals surface area contributed by atoms with Crippen LogP contribution in [0.2, 0.25) is 0 Å². The molecule has 4 heteroatoms. The molecule has 0 saturated heterocycles. The Balaban J connectivity index is 2.01. The molecule has 1 aromatic rings. The zero-order valence-corrected chi connectivity index (χ0v) is 15.0. The molecule has 0 aromatic heterocycles. The number of ether oxygens (including phenoxy) is 2. The van der Waals surface area contributed by atoms with Crippen molar-refractivity contribution in [3.63, 3.8) is 0 Å². The molecule has 0 aliphatic carbocycles. The van der Waals surface area contributed by atoms with Crippen LogP contribution in [0.5, 0.6) is 11.5 Å². The maximum absolute atomic E-state index is 5.77. The molecule has 2 rings (SSSR count). The summed E-state index contributed by atoms with van der Waals surface area (Å²) in [7, 11) is 0. The summed E-state index contributed by atoms with van der Waals surface area (Å²) in [6.45, 7) is 12.4. The van der Waals surface area contributed by atoms with Gasteiger partial charge >= 0.3 is 0 Å². The summed E-state index contributed by atoms with van der Waals surface area (Å²) in [5.41, 5.74) is 1.51. The van der Waals surface area contributed by atoms with E-state index in [0.29, 0.717) is 17.9 Å². The zero-order valence-electron chi connectivity index (χ0n) is 13.5. The van der Waals surface area contributed by atoms with Crippen LogP contribution in [0.3, 0.4) is 0 Å². The lowest BCUT2D eigenvalue weighted by molar-refractivity contribution is 0.238. The third-order valence-electron chi connectivity index (χ3n) is 4.33. The molecule has 0 bridgehead atoms. The van der Waals surface area contributed by atoms with E-state index in [9.17, 15) is 0 Å². The van der Waals surface area contributed by atoms with Crippen molar-refractivity contribution in [2.75, 3.05) is 19.8 Å². The van der Waals surface area contributed by atoms with Gasteiger partial charge in [0.15, 0.2) is 11.5 Å². The molecule has 1 heterocycles. The second kappa shape index (κ2) is 7.01. The van der Waals surface area contributed by atoms with Gasteiger partial charge in [0.1, 0.15) is 0 Å². The maximum atomic E-state index is 5.77. The Labute approximate surface area is 136 Å². The molecule has 0 radical (unpaired) electrons. The number of hydrogen-bond donors (Lipinski definition) is 1.